The maximum atomic E-state index is 13.2. The molecule has 1 atom stereocenters. The predicted molar refractivity (Wildman–Crippen MR) is 67.4 cm³/mol. The molecule has 2 nitrogen and oxygen atoms in total. The largest absolute Gasteiger partial charge is 0.366 e. The Morgan fingerprint density at radius 3 is 2.82 bits per heavy atom. The van der Waals surface area contributed by atoms with Crippen molar-refractivity contribution in [3.63, 3.8) is 0 Å². The van der Waals surface area contributed by atoms with E-state index < -0.39 is 6.04 Å². The second kappa shape index (κ2) is 4.98. The third kappa shape index (κ3) is 2.83. The van der Waals surface area contributed by atoms with Crippen LogP contribution in [-0.4, -0.2) is 0 Å². The number of nitriles is 1. The minimum atomic E-state index is -0.442. The number of rotatable bonds is 3. The van der Waals surface area contributed by atoms with Crippen molar-refractivity contribution < 1.29 is 4.39 Å². The maximum absolute atomic E-state index is 13.2. The lowest BCUT2D eigenvalue weighted by atomic mass is 10.1. The van der Waals surface area contributed by atoms with E-state index in [1.807, 2.05) is 29.8 Å². The quantitative estimate of drug-likeness (QED) is 0.892. The number of anilines is 1. The molecule has 86 valence electrons. The van der Waals surface area contributed by atoms with Gasteiger partial charge in [0.2, 0.25) is 0 Å². The molecule has 1 aromatic carbocycles. The molecule has 0 aliphatic heterocycles. The molecular formula is C13H11FN2S. The Morgan fingerprint density at radius 1 is 1.41 bits per heavy atom. The number of halogens is 1. The van der Waals surface area contributed by atoms with E-state index in [1.54, 1.807) is 0 Å². The highest BCUT2D eigenvalue weighted by Crippen LogP contribution is 2.22. The molecule has 0 amide bonds. The average molecular weight is 246 g/mol. The minimum absolute atomic E-state index is 0.297. The number of hydrogen-bond donors (Lipinski definition) is 1. The monoisotopic (exact) mass is 246 g/mol. The van der Waals surface area contributed by atoms with Crippen molar-refractivity contribution in [2.24, 2.45) is 0 Å². The molecule has 2 aromatic rings. The van der Waals surface area contributed by atoms with Gasteiger partial charge in [0.1, 0.15) is 11.9 Å². The molecule has 0 bridgehead atoms. The van der Waals surface area contributed by atoms with Crippen LogP contribution in [0.5, 0.6) is 0 Å². The Bertz CT molecular complexity index is 523. The maximum Gasteiger partial charge on any atom is 0.141 e. The molecule has 0 aliphatic carbocycles. The van der Waals surface area contributed by atoms with E-state index >= 15 is 0 Å². The smallest absolute Gasteiger partial charge is 0.141 e. The van der Waals surface area contributed by atoms with Crippen molar-refractivity contribution in [3.8, 4) is 6.07 Å². The third-order valence-electron chi connectivity index (χ3n) is 2.36. The predicted octanol–water partition coefficient (Wildman–Crippen LogP) is 3.87. The van der Waals surface area contributed by atoms with Crippen LogP contribution in [-0.2, 0) is 0 Å². The molecule has 1 aromatic heterocycles. The Labute approximate surface area is 103 Å². The van der Waals surface area contributed by atoms with Crippen molar-refractivity contribution in [1.29, 1.82) is 5.26 Å². The third-order valence-corrected chi connectivity index (χ3v) is 3.06. The summed E-state index contributed by atoms with van der Waals surface area (Å²) in [6, 6.07) is 8.28. The molecule has 2 rings (SSSR count). The van der Waals surface area contributed by atoms with Crippen molar-refractivity contribution in [3.05, 3.63) is 52.0 Å². The molecular weight excluding hydrogens is 235 g/mol. The van der Waals surface area contributed by atoms with Crippen LogP contribution in [0, 0.1) is 24.1 Å². The Kier molecular flexibility index (Phi) is 3.40. The highest BCUT2D eigenvalue weighted by molar-refractivity contribution is 7.08. The van der Waals surface area contributed by atoms with Gasteiger partial charge in [-0.2, -0.15) is 16.6 Å². The average Bonchev–Trinajstić information content (AvgIpc) is 2.77. The van der Waals surface area contributed by atoms with E-state index in [1.165, 1.54) is 23.5 Å². The second-order valence-corrected chi connectivity index (χ2v) is 4.56. The van der Waals surface area contributed by atoms with Gasteiger partial charge in [-0.1, -0.05) is 0 Å². The van der Waals surface area contributed by atoms with E-state index in [-0.39, 0.29) is 5.82 Å². The van der Waals surface area contributed by atoms with Gasteiger partial charge in [-0.3, -0.25) is 0 Å². The van der Waals surface area contributed by atoms with E-state index in [0.29, 0.717) is 5.69 Å². The standard InChI is InChI=1S/C13H11FN2S/c1-9-4-11(14)6-12(5-9)16-13(7-15)10-2-3-17-8-10/h2-6,8,13,16H,1H3. The first-order valence-electron chi connectivity index (χ1n) is 5.14. The first-order chi connectivity index (χ1) is 8.19. The summed E-state index contributed by atoms with van der Waals surface area (Å²) in [5.74, 6) is -0.297. The molecule has 17 heavy (non-hydrogen) atoms. The Morgan fingerprint density at radius 2 is 2.24 bits per heavy atom. The zero-order chi connectivity index (χ0) is 12.3. The molecule has 4 heteroatoms. The van der Waals surface area contributed by atoms with Crippen molar-refractivity contribution >= 4 is 17.0 Å². The first kappa shape index (κ1) is 11.6. The van der Waals surface area contributed by atoms with E-state index in [4.69, 9.17) is 5.26 Å². The fourth-order valence-corrected chi connectivity index (χ4v) is 2.30. The normalized spacial score (nSPS) is 11.8. The van der Waals surface area contributed by atoms with Crippen LogP contribution in [0.1, 0.15) is 17.2 Å². The summed E-state index contributed by atoms with van der Waals surface area (Å²) < 4.78 is 13.2. The zero-order valence-electron chi connectivity index (χ0n) is 9.27. The summed E-state index contributed by atoms with van der Waals surface area (Å²) in [5.41, 5.74) is 2.36. The number of benzene rings is 1. The van der Waals surface area contributed by atoms with Gasteiger partial charge in [-0.25, -0.2) is 4.39 Å². The number of thiophene rings is 1. The number of nitrogens with one attached hydrogen (secondary N) is 1. The van der Waals surface area contributed by atoms with E-state index in [0.717, 1.165) is 11.1 Å². The van der Waals surface area contributed by atoms with Crippen LogP contribution < -0.4 is 5.32 Å². The van der Waals surface area contributed by atoms with Gasteiger partial charge in [0.25, 0.3) is 0 Å². The van der Waals surface area contributed by atoms with Crippen LogP contribution in [0.2, 0.25) is 0 Å². The molecule has 1 N–H and O–H groups in total. The fourth-order valence-electron chi connectivity index (χ4n) is 1.62. The zero-order valence-corrected chi connectivity index (χ0v) is 10.1. The van der Waals surface area contributed by atoms with Crippen molar-refractivity contribution in [2.75, 3.05) is 5.32 Å². The lowest BCUT2D eigenvalue weighted by Crippen LogP contribution is -2.07. The first-order valence-corrected chi connectivity index (χ1v) is 6.09. The molecule has 0 saturated carbocycles. The molecule has 0 radical (unpaired) electrons. The number of hydrogen-bond acceptors (Lipinski definition) is 3. The van der Waals surface area contributed by atoms with Crippen LogP contribution in [0.3, 0.4) is 0 Å². The summed E-state index contributed by atoms with van der Waals surface area (Å²) in [6.45, 7) is 1.82. The summed E-state index contributed by atoms with van der Waals surface area (Å²) in [5, 5.41) is 15.9. The van der Waals surface area contributed by atoms with Crippen LogP contribution >= 0.6 is 11.3 Å². The van der Waals surface area contributed by atoms with Gasteiger partial charge in [-0.15, -0.1) is 0 Å². The highest BCUT2D eigenvalue weighted by atomic mass is 32.1. The van der Waals surface area contributed by atoms with Crippen molar-refractivity contribution in [1.82, 2.24) is 0 Å². The topological polar surface area (TPSA) is 35.8 Å². The van der Waals surface area contributed by atoms with Gasteiger partial charge in [0.05, 0.1) is 6.07 Å². The summed E-state index contributed by atoms with van der Waals surface area (Å²) in [6.07, 6.45) is 0. The molecule has 0 fully saturated rings. The van der Waals surface area contributed by atoms with Crippen molar-refractivity contribution in [2.45, 2.75) is 13.0 Å². The Balaban J connectivity index is 2.22. The van der Waals surface area contributed by atoms with Crippen LogP contribution in [0.15, 0.2) is 35.0 Å². The van der Waals surface area contributed by atoms with Gasteiger partial charge < -0.3 is 5.32 Å². The van der Waals surface area contributed by atoms with E-state index in [2.05, 4.69) is 11.4 Å². The molecule has 1 heterocycles. The highest BCUT2D eigenvalue weighted by Gasteiger charge is 2.11. The number of nitrogens with zero attached hydrogens (tertiary/aromatic N) is 1. The SMILES string of the molecule is Cc1cc(F)cc(NC(C#N)c2ccsc2)c1. The lowest BCUT2D eigenvalue weighted by molar-refractivity contribution is 0.627. The number of aryl methyl sites for hydroxylation is 1. The Hall–Kier alpha value is -1.86. The van der Waals surface area contributed by atoms with Gasteiger partial charge >= 0.3 is 0 Å². The van der Waals surface area contributed by atoms with Gasteiger partial charge in [-0.05, 0) is 53.1 Å². The summed E-state index contributed by atoms with van der Waals surface area (Å²) in [4.78, 5) is 0. The minimum Gasteiger partial charge on any atom is -0.366 e. The molecule has 0 saturated heterocycles. The van der Waals surface area contributed by atoms with Crippen LogP contribution in [0.4, 0.5) is 10.1 Å². The lowest BCUT2D eigenvalue weighted by Gasteiger charge is -2.12. The molecule has 0 aliphatic rings. The van der Waals surface area contributed by atoms with E-state index in [9.17, 15) is 4.39 Å². The summed E-state index contributed by atoms with van der Waals surface area (Å²) in [7, 11) is 0. The molecule has 0 spiro atoms. The summed E-state index contributed by atoms with van der Waals surface area (Å²) >= 11 is 1.53. The van der Waals surface area contributed by atoms with Crippen LogP contribution in [0.25, 0.3) is 0 Å². The second-order valence-electron chi connectivity index (χ2n) is 3.78. The van der Waals surface area contributed by atoms with Gasteiger partial charge in [0, 0.05) is 5.69 Å². The fraction of sp³-hybridized carbons (Fsp3) is 0.154. The molecule has 1 unspecified atom stereocenters. The van der Waals surface area contributed by atoms with Gasteiger partial charge in [0.15, 0.2) is 0 Å².